The van der Waals surface area contributed by atoms with E-state index >= 15 is 0 Å². The largest absolute Gasteiger partial charge is 0.352 e. The van der Waals surface area contributed by atoms with Gasteiger partial charge < -0.3 is 9.88 Å². The van der Waals surface area contributed by atoms with Crippen LogP contribution in [0.1, 0.15) is 32.6 Å². The van der Waals surface area contributed by atoms with Crippen molar-refractivity contribution < 1.29 is 4.79 Å². The molecular formula is C18H23N5OS. The maximum Gasteiger partial charge on any atom is 0.230 e. The Balaban J connectivity index is 1.38. The Morgan fingerprint density at radius 1 is 1.28 bits per heavy atom. The Labute approximate surface area is 151 Å². The molecule has 1 N–H and O–H groups in total. The molecule has 6 nitrogen and oxygen atoms in total. The van der Waals surface area contributed by atoms with Crippen molar-refractivity contribution in [2.75, 3.05) is 5.75 Å². The lowest BCUT2D eigenvalue weighted by atomic mass is 9.95. The number of pyridine rings is 1. The summed E-state index contributed by atoms with van der Waals surface area (Å²) in [6.45, 7) is 2.83. The van der Waals surface area contributed by atoms with E-state index in [1.807, 2.05) is 16.7 Å². The van der Waals surface area contributed by atoms with Crippen molar-refractivity contribution in [1.29, 1.82) is 0 Å². The predicted octanol–water partition coefficient (Wildman–Crippen LogP) is 2.76. The average molecular weight is 357 g/mol. The minimum atomic E-state index is 0.110. The highest BCUT2D eigenvalue weighted by Gasteiger charge is 2.40. The van der Waals surface area contributed by atoms with Crippen molar-refractivity contribution in [2.24, 2.45) is 11.8 Å². The van der Waals surface area contributed by atoms with E-state index < -0.39 is 0 Å². The van der Waals surface area contributed by atoms with Crippen LogP contribution in [-0.2, 0) is 11.3 Å². The number of hydrogen-bond acceptors (Lipinski definition) is 5. The van der Waals surface area contributed by atoms with Gasteiger partial charge >= 0.3 is 0 Å². The van der Waals surface area contributed by atoms with Crippen LogP contribution in [0.2, 0.25) is 0 Å². The third-order valence-corrected chi connectivity index (χ3v) is 6.36. The zero-order valence-electron chi connectivity index (χ0n) is 14.4. The first-order chi connectivity index (χ1) is 12.2. The topological polar surface area (TPSA) is 72.7 Å². The Morgan fingerprint density at radius 2 is 2.12 bits per heavy atom. The van der Waals surface area contributed by atoms with Gasteiger partial charge in [0, 0.05) is 30.5 Å². The van der Waals surface area contributed by atoms with Crippen LogP contribution in [-0.4, -0.2) is 37.5 Å². The molecule has 0 unspecified atom stereocenters. The molecule has 0 spiro atoms. The molecule has 4 rings (SSSR count). The molecule has 3 atom stereocenters. The van der Waals surface area contributed by atoms with Crippen molar-refractivity contribution in [1.82, 2.24) is 25.1 Å². The maximum absolute atomic E-state index is 12.3. The van der Waals surface area contributed by atoms with Crippen LogP contribution in [0.3, 0.4) is 0 Å². The number of thioether (sulfide) groups is 1. The van der Waals surface area contributed by atoms with Gasteiger partial charge in [-0.3, -0.25) is 9.78 Å². The third kappa shape index (κ3) is 3.42. The van der Waals surface area contributed by atoms with Crippen LogP contribution in [0.25, 0.3) is 11.4 Å². The van der Waals surface area contributed by atoms with E-state index in [-0.39, 0.29) is 5.91 Å². The van der Waals surface area contributed by atoms with Gasteiger partial charge in [0.15, 0.2) is 11.0 Å². The number of nitrogens with zero attached hydrogens (tertiary/aromatic N) is 4. The molecule has 0 radical (unpaired) electrons. The van der Waals surface area contributed by atoms with Gasteiger partial charge in [0.05, 0.1) is 5.75 Å². The Kier molecular flexibility index (Phi) is 4.74. The van der Waals surface area contributed by atoms with E-state index in [4.69, 9.17) is 0 Å². The van der Waals surface area contributed by atoms with Gasteiger partial charge in [-0.1, -0.05) is 18.2 Å². The molecular weight excluding hydrogens is 334 g/mol. The molecule has 0 aromatic carbocycles. The number of rotatable bonds is 6. The lowest BCUT2D eigenvalue weighted by Gasteiger charge is -2.22. The molecule has 2 bridgehead atoms. The molecule has 2 aliphatic rings. The second-order valence-corrected chi connectivity index (χ2v) is 7.87. The molecule has 25 heavy (non-hydrogen) atoms. The van der Waals surface area contributed by atoms with Gasteiger partial charge in [0.1, 0.15) is 0 Å². The zero-order valence-corrected chi connectivity index (χ0v) is 15.2. The number of amides is 1. The summed E-state index contributed by atoms with van der Waals surface area (Å²) in [6, 6.07) is 4.24. The van der Waals surface area contributed by atoms with Crippen molar-refractivity contribution >= 4 is 17.7 Å². The number of fused-ring (bicyclic) bond motifs is 2. The van der Waals surface area contributed by atoms with Gasteiger partial charge in [-0.25, -0.2) is 0 Å². The van der Waals surface area contributed by atoms with Gasteiger partial charge in [-0.05, 0) is 50.2 Å². The summed E-state index contributed by atoms with van der Waals surface area (Å²) in [7, 11) is 0. The SMILES string of the molecule is CCn1c(SCC(=O)N[C@@H]2C[C@H]3CC[C@H]2C3)nnc1-c1ccncc1. The van der Waals surface area contributed by atoms with Crippen molar-refractivity contribution in [3.8, 4) is 11.4 Å². The molecule has 2 aromatic heterocycles. The molecule has 132 valence electrons. The van der Waals surface area contributed by atoms with Crippen LogP contribution in [0.4, 0.5) is 0 Å². The number of nitrogens with one attached hydrogen (secondary N) is 1. The first kappa shape index (κ1) is 16.6. The number of carbonyl (C=O) groups is 1. The molecule has 2 fully saturated rings. The highest BCUT2D eigenvalue weighted by atomic mass is 32.2. The van der Waals surface area contributed by atoms with Crippen LogP contribution in [0.15, 0.2) is 29.7 Å². The molecule has 0 saturated heterocycles. The Hall–Kier alpha value is -1.89. The lowest BCUT2D eigenvalue weighted by molar-refractivity contribution is -0.119. The summed E-state index contributed by atoms with van der Waals surface area (Å²) in [4.78, 5) is 16.4. The smallest absolute Gasteiger partial charge is 0.230 e. The molecule has 2 saturated carbocycles. The first-order valence-electron chi connectivity index (χ1n) is 9.00. The van der Waals surface area contributed by atoms with Crippen LogP contribution >= 0.6 is 11.8 Å². The van der Waals surface area contributed by atoms with Gasteiger partial charge in [-0.2, -0.15) is 0 Å². The molecule has 2 aliphatic carbocycles. The van der Waals surface area contributed by atoms with E-state index in [0.29, 0.717) is 17.7 Å². The van der Waals surface area contributed by atoms with Crippen LogP contribution in [0, 0.1) is 11.8 Å². The minimum Gasteiger partial charge on any atom is -0.352 e. The standard InChI is InChI=1S/C18H23N5OS/c1-2-23-17(13-5-7-19-8-6-13)21-22-18(23)25-11-16(24)20-15-10-12-3-4-14(15)9-12/h5-8,12,14-15H,2-4,9-11H2,1H3,(H,20,24)/t12-,14-,15+/m0/s1. The highest BCUT2D eigenvalue weighted by molar-refractivity contribution is 7.99. The summed E-state index contributed by atoms with van der Waals surface area (Å²) in [6.07, 6.45) is 8.60. The van der Waals surface area contributed by atoms with E-state index in [1.54, 1.807) is 12.4 Å². The monoisotopic (exact) mass is 357 g/mol. The summed E-state index contributed by atoms with van der Waals surface area (Å²) in [5.74, 6) is 2.87. The number of aromatic nitrogens is 4. The Bertz CT molecular complexity index is 747. The number of carbonyl (C=O) groups excluding carboxylic acids is 1. The zero-order chi connectivity index (χ0) is 17.2. The van der Waals surface area contributed by atoms with Gasteiger partial charge in [-0.15, -0.1) is 10.2 Å². The molecule has 7 heteroatoms. The normalized spacial score (nSPS) is 24.6. The molecule has 0 aliphatic heterocycles. The first-order valence-corrected chi connectivity index (χ1v) is 9.99. The second-order valence-electron chi connectivity index (χ2n) is 6.92. The van der Waals surface area contributed by atoms with Gasteiger partial charge in [0.2, 0.25) is 5.91 Å². The van der Waals surface area contributed by atoms with Crippen molar-refractivity contribution in [2.45, 2.75) is 50.4 Å². The van der Waals surface area contributed by atoms with E-state index in [9.17, 15) is 4.79 Å². The summed E-state index contributed by atoms with van der Waals surface area (Å²) in [5.41, 5.74) is 0.989. The summed E-state index contributed by atoms with van der Waals surface area (Å²) < 4.78 is 2.05. The quantitative estimate of drug-likeness (QED) is 0.805. The van der Waals surface area contributed by atoms with E-state index in [0.717, 1.165) is 29.0 Å². The Morgan fingerprint density at radius 3 is 2.80 bits per heavy atom. The fourth-order valence-corrected chi connectivity index (χ4v) is 5.01. The van der Waals surface area contributed by atoms with Crippen LogP contribution < -0.4 is 5.32 Å². The number of hydrogen-bond donors (Lipinski definition) is 1. The minimum absolute atomic E-state index is 0.110. The van der Waals surface area contributed by atoms with Crippen molar-refractivity contribution in [3.05, 3.63) is 24.5 Å². The summed E-state index contributed by atoms with van der Waals surface area (Å²) >= 11 is 1.46. The third-order valence-electron chi connectivity index (χ3n) is 5.39. The highest BCUT2D eigenvalue weighted by Crippen LogP contribution is 2.44. The van der Waals surface area contributed by atoms with Crippen LogP contribution in [0.5, 0.6) is 0 Å². The van der Waals surface area contributed by atoms with E-state index in [2.05, 4.69) is 27.4 Å². The molecule has 2 aromatic rings. The molecule has 2 heterocycles. The summed E-state index contributed by atoms with van der Waals surface area (Å²) in [5, 5.41) is 12.6. The van der Waals surface area contributed by atoms with Crippen molar-refractivity contribution in [3.63, 3.8) is 0 Å². The fourth-order valence-electron chi connectivity index (χ4n) is 4.20. The van der Waals surface area contributed by atoms with Gasteiger partial charge in [0.25, 0.3) is 0 Å². The average Bonchev–Trinajstić information content (AvgIpc) is 3.35. The maximum atomic E-state index is 12.3. The van der Waals surface area contributed by atoms with E-state index in [1.165, 1.54) is 37.4 Å². The molecule has 1 amide bonds. The second kappa shape index (κ2) is 7.15. The lowest BCUT2D eigenvalue weighted by Crippen LogP contribution is -2.39. The fraction of sp³-hybridized carbons (Fsp3) is 0.556. The predicted molar refractivity (Wildman–Crippen MR) is 97.0 cm³/mol.